The third kappa shape index (κ3) is 1.25. The number of allylic oxidation sites excluding steroid dienone is 1. The van der Waals surface area contributed by atoms with E-state index in [1.165, 1.54) is 0 Å². The molecule has 2 rings (SSSR count). The summed E-state index contributed by atoms with van der Waals surface area (Å²) in [6.07, 6.45) is -0.429. The average molecular weight is 380 g/mol. The highest BCUT2D eigenvalue weighted by atomic mass is 35.5. The van der Waals surface area contributed by atoms with Crippen molar-refractivity contribution in [3.63, 3.8) is 0 Å². The molecular weight excluding hydrogens is 378 g/mol. The van der Waals surface area contributed by atoms with Gasteiger partial charge in [0.1, 0.15) is 4.87 Å². The smallest absolute Gasteiger partial charge is 0.263 e. The lowest BCUT2D eigenvalue weighted by atomic mass is 10.00. The third-order valence-electron chi connectivity index (χ3n) is 3.07. The highest BCUT2D eigenvalue weighted by molar-refractivity contribution is 6.67. The molecule has 0 aliphatic heterocycles. The monoisotopic (exact) mass is 377 g/mol. The number of nitrogens with zero attached hydrogens (tertiary/aromatic N) is 1. The lowest BCUT2D eigenvalue weighted by molar-refractivity contribution is -0.544. The summed E-state index contributed by atoms with van der Waals surface area (Å²) in [6.45, 7) is 0. The van der Waals surface area contributed by atoms with Gasteiger partial charge in [-0.15, -0.1) is 23.2 Å². The van der Waals surface area contributed by atoms with Crippen LogP contribution in [0.4, 0.5) is 0 Å². The van der Waals surface area contributed by atoms with E-state index in [1.54, 1.807) is 0 Å². The zero-order chi connectivity index (χ0) is 13.4. The Hall–Kier alpha value is 1.17. The van der Waals surface area contributed by atoms with Crippen LogP contribution in [0.2, 0.25) is 0 Å². The van der Waals surface area contributed by atoms with Gasteiger partial charge in [0, 0.05) is 4.92 Å². The van der Waals surface area contributed by atoms with Crippen molar-refractivity contribution in [2.75, 3.05) is 0 Å². The van der Waals surface area contributed by atoms with Crippen LogP contribution in [0.3, 0.4) is 0 Å². The van der Waals surface area contributed by atoms with Gasteiger partial charge in [0.25, 0.3) is 0 Å². The number of nitro groups is 1. The first kappa shape index (κ1) is 14.6. The Morgan fingerprint density at radius 3 is 1.82 bits per heavy atom. The molecule has 0 amide bonds. The van der Waals surface area contributed by atoms with Crippen LogP contribution in [0.15, 0.2) is 10.1 Å². The van der Waals surface area contributed by atoms with Crippen molar-refractivity contribution >= 4 is 81.2 Å². The molecule has 0 unspecified atom stereocenters. The Balaban J connectivity index is 2.80. The highest BCUT2D eigenvalue weighted by Gasteiger charge is 2.89. The molecule has 0 saturated heterocycles. The highest BCUT2D eigenvalue weighted by Crippen LogP contribution is 2.76. The van der Waals surface area contributed by atoms with Crippen LogP contribution in [-0.4, -0.2) is 24.0 Å². The van der Waals surface area contributed by atoms with Gasteiger partial charge in [-0.25, -0.2) is 0 Å². The van der Waals surface area contributed by atoms with Crippen molar-refractivity contribution in [1.82, 2.24) is 0 Å². The molecule has 0 N–H and O–H groups in total. The standard InChI is InChI=1S/C7H2Cl7NO2/c8-2-3(9)6(12)5(11,15(16)17)1-4(2,10)7(6,13)14/h1H2/t4-,5-,6-/m1/s1. The zero-order valence-electron chi connectivity index (χ0n) is 7.62. The van der Waals surface area contributed by atoms with Crippen LogP contribution in [0.25, 0.3) is 0 Å². The van der Waals surface area contributed by atoms with Gasteiger partial charge >= 0.3 is 5.00 Å². The van der Waals surface area contributed by atoms with E-state index in [-0.39, 0.29) is 10.1 Å². The second kappa shape index (κ2) is 3.63. The molecule has 2 aliphatic carbocycles. The molecule has 0 aromatic heterocycles. The predicted octanol–water partition coefficient (Wildman–Crippen LogP) is 4.43. The van der Waals surface area contributed by atoms with E-state index >= 15 is 0 Å². The van der Waals surface area contributed by atoms with Gasteiger partial charge in [0.2, 0.25) is 4.87 Å². The van der Waals surface area contributed by atoms with E-state index in [0.717, 1.165) is 0 Å². The number of hydrogen-bond acceptors (Lipinski definition) is 2. The second-order valence-corrected chi connectivity index (χ2v) is 7.78. The first-order valence-electron chi connectivity index (χ1n) is 4.12. The van der Waals surface area contributed by atoms with E-state index in [9.17, 15) is 10.1 Å². The predicted molar refractivity (Wildman–Crippen MR) is 70.5 cm³/mol. The molecule has 0 heterocycles. The summed E-state index contributed by atoms with van der Waals surface area (Å²) in [5.41, 5.74) is 0. The molecule has 3 atom stereocenters. The maximum absolute atomic E-state index is 11.1. The molecule has 0 spiro atoms. The normalized spacial score (nSPS) is 47.7. The average Bonchev–Trinajstić information content (AvgIpc) is 2.39. The Labute approximate surface area is 131 Å². The summed E-state index contributed by atoms with van der Waals surface area (Å²) in [4.78, 5) is 4.32. The maximum atomic E-state index is 11.1. The molecule has 96 valence electrons. The first-order valence-corrected chi connectivity index (χ1v) is 6.76. The summed E-state index contributed by atoms with van der Waals surface area (Å²) in [5.74, 6) is 0. The summed E-state index contributed by atoms with van der Waals surface area (Å²) < 4.78 is -1.98. The number of halogens is 7. The third-order valence-corrected chi connectivity index (χ3v) is 7.98. The zero-order valence-corrected chi connectivity index (χ0v) is 12.9. The number of alkyl halides is 5. The molecule has 0 radical (unpaired) electrons. The minimum Gasteiger partial charge on any atom is -0.263 e. The summed E-state index contributed by atoms with van der Waals surface area (Å²) in [5, 5.41) is 10.7. The summed E-state index contributed by atoms with van der Waals surface area (Å²) in [7, 11) is 0. The van der Waals surface area contributed by atoms with Gasteiger partial charge in [-0.05, 0) is 11.6 Å². The number of hydrogen-bond donors (Lipinski definition) is 0. The van der Waals surface area contributed by atoms with Crippen LogP contribution >= 0.6 is 81.2 Å². The summed E-state index contributed by atoms with van der Waals surface area (Å²) in [6, 6.07) is 0. The number of rotatable bonds is 1. The second-order valence-electron chi connectivity index (χ2n) is 3.86. The van der Waals surface area contributed by atoms with Gasteiger partial charge in [-0.2, -0.15) is 0 Å². The Bertz CT molecular complexity index is 465. The fraction of sp³-hybridized carbons (Fsp3) is 0.714. The largest absolute Gasteiger partial charge is 0.324 e. The van der Waals surface area contributed by atoms with Crippen LogP contribution in [0, 0.1) is 10.1 Å². The van der Waals surface area contributed by atoms with Crippen molar-refractivity contribution in [1.29, 1.82) is 0 Å². The van der Waals surface area contributed by atoms with Gasteiger partial charge in [-0.1, -0.05) is 46.4 Å². The van der Waals surface area contributed by atoms with E-state index in [1.807, 2.05) is 0 Å². The van der Waals surface area contributed by atoms with Crippen molar-refractivity contribution in [2.45, 2.75) is 25.5 Å². The van der Waals surface area contributed by atoms with E-state index in [4.69, 9.17) is 81.2 Å². The first-order chi connectivity index (χ1) is 7.47. The van der Waals surface area contributed by atoms with E-state index < -0.39 is 30.4 Å². The lowest BCUT2D eigenvalue weighted by Crippen LogP contribution is -2.54. The fourth-order valence-corrected chi connectivity index (χ4v) is 5.55. The van der Waals surface area contributed by atoms with Gasteiger partial charge in [0.05, 0.1) is 16.5 Å². The van der Waals surface area contributed by atoms with Crippen molar-refractivity contribution in [3.05, 3.63) is 20.2 Å². The van der Waals surface area contributed by atoms with Crippen molar-refractivity contribution < 1.29 is 4.92 Å². The molecule has 0 aromatic carbocycles. The van der Waals surface area contributed by atoms with Crippen LogP contribution in [0.5, 0.6) is 0 Å². The molecule has 1 fully saturated rings. The maximum Gasteiger partial charge on any atom is 0.324 e. The van der Waals surface area contributed by atoms with Gasteiger partial charge in [-0.3, -0.25) is 10.1 Å². The van der Waals surface area contributed by atoms with Crippen LogP contribution < -0.4 is 0 Å². The topological polar surface area (TPSA) is 43.1 Å². The molecular formula is C7H2Cl7NO2. The lowest BCUT2D eigenvalue weighted by Gasteiger charge is -2.32. The van der Waals surface area contributed by atoms with Crippen LogP contribution in [-0.2, 0) is 0 Å². The number of fused-ring (bicyclic) bond motifs is 2. The van der Waals surface area contributed by atoms with Gasteiger partial charge < -0.3 is 0 Å². The molecule has 1 saturated carbocycles. The summed E-state index contributed by atoms with van der Waals surface area (Å²) >= 11 is 42.0. The quantitative estimate of drug-likeness (QED) is 0.292. The van der Waals surface area contributed by atoms with Crippen molar-refractivity contribution in [2.24, 2.45) is 0 Å². The minimum absolute atomic E-state index is 0.112. The van der Waals surface area contributed by atoms with E-state index in [0.29, 0.717) is 0 Å². The molecule has 0 aromatic rings. The molecule has 10 heteroatoms. The SMILES string of the molecule is O=[N+]([O-])[C@]1(Cl)C[C@@]2(Cl)C(Cl)=C(Cl)[C@]1(Cl)C2(Cl)Cl. The Morgan fingerprint density at radius 1 is 1.06 bits per heavy atom. The molecule has 3 nitrogen and oxygen atoms in total. The fourth-order valence-electron chi connectivity index (χ4n) is 2.11. The van der Waals surface area contributed by atoms with E-state index in [2.05, 4.69) is 0 Å². The molecule has 2 bridgehead atoms. The van der Waals surface area contributed by atoms with Crippen molar-refractivity contribution in [3.8, 4) is 0 Å². The molecule has 17 heavy (non-hydrogen) atoms. The Morgan fingerprint density at radius 2 is 1.53 bits per heavy atom. The van der Waals surface area contributed by atoms with Crippen LogP contribution in [0.1, 0.15) is 6.42 Å². The van der Waals surface area contributed by atoms with Gasteiger partial charge in [0.15, 0.2) is 4.33 Å². The minimum atomic E-state index is -2.21. The Kier molecular flexibility index (Phi) is 3.11. The molecule has 2 aliphatic rings.